The van der Waals surface area contributed by atoms with Crippen LogP contribution in [0.5, 0.6) is 0 Å². The van der Waals surface area contributed by atoms with Crippen molar-refractivity contribution in [3.63, 3.8) is 0 Å². The van der Waals surface area contributed by atoms with E-state index in [1.807, 2.05) is 6.92 Å². The molecule has 2 rings (SSSR count). The minimum atomic E-state index is -0.643. The van der Waals surface area contributed by atoms with Gasteiger partial charge in [-0.25, -0.2) is 4.39 Å². The number of ether oxygens (including phenoxy) is 2. The monoisotopic (exact) mass is 331 g/mol. The Morgan fingerprint density at radius 2 is 2.18 bits per heavy atom. The summed E-state index contributed by atoms with van der Waals surface area (Å²) in [5, 5.41) is 13.4. The highest BCUT2D eigenvalue weighted by Crippen LogP contribution is 2.25. The summed E-state index contributed by atoms with van der Waals surface area (Å²) in [5.41, 5.74) is 0.418. The number of halogens is 2. The van der Waals surface area contributed by atoms with E-state index < -0.39 is 6.10 Å². The Balaban J connectivity index is 1.74. The van der Waals surface area contributed by atoms with Crippen LogP contribution in [0.2, 0.25) is 5.02 Å². The molecule has 2 N–H and O–H groups in total. The molecule has 1 heterocycles. The van der Waals surface area contributed by atoms with E-state index >= 15 is 0 Å². The molecule has 1 aromatic rings. The fourth-order valence-corrected chi connectivity index (χ4v) is 2.81. The molecule has 6 heteroatoms. The zero-order valence-electron chi connectivity index (χ0n) is 12.7. The van der Waals surface area contributed by atoms with E-state index in [-0.39, 0.29) is 24.6 Å². The molecule has 1 aliphatic heterocycles. The Bertz CT molecular complexity index is 448. The van der Waals surface area contributed by atoms with Gasteiger partial charge in [-0.2, -0.15) is 0 Å². The maximum absolute atomic E-state index is 13.8. The molecule has 124 valence electrons. The number of aliphatic hydroxyl groups excluding tert-OH is 1. The van der Waals surface area contributed by atoms with Crippen LogP contribution in [0, 0.1) is 5.82 Å². The summed E-state index contributed by atoms with van der Waals surface area (Å²) in [4.78, 5) is 0. The maximum Gasteiger partial charge on any atom is 0.129 e. The number of rotatable bonds is 7. The van der Waals surface area contributed by atoms with E-state index in [1.165, 1.54) is 6.07 Å². The van der Waals surface area contributed by atoms with Gasteiger partial charge in [-0.1, -0.05) is 17.7 Å². The quantitative estimate of drug-likeness (QED) is 0.806. The molecule has 4 nitrogen and oxygen atoms in total. The number of aliphatic hydroxyl groups is 1. The van der Waals surface area contributed by atoms with Gasteiger partial charge >= 0.3 is 0 Å². The van der Waals surface area contributed by atoms with Crippen LogP contribution in [0.25, 0.3) is 0 Å². The molecule has 0 radical (unpaired) electrons. The largest absolute Gasteiger partial charge is 0.389 e. The minimum Gasteiger partial charge on any atom is -0.389 e. The molecule has 0 saturated carbocycles. The SMILES string of the molecule is CC(NCC(O)COC1CCOCC1)c1c(F)cccc1Cl. The third-order valence-electron chi connectivity index (χ3n) is 3.79. The Morgan fingerprint density at radius 3 is 2.86 bits per heavy atom. The van der Waals surface area contributed by atoms with Gasteiger partial charge in [0.2, 0.25) is 0 Å². The Hall–Kier alpha value is -0.720. The van der Waals surface area contributed by atoms with Gasteiger partial charge in [0, 0.05) is 36.4 Å². The Labute approximate surface area is 135 Å². The van der Waals surface area contributed by atoms with E-state index in [2.05, 4.69) is 5.32 Å². The summed E-state index contributed by atoms with van der Waals surface area (Å²) in [6.45, 7) is 3.81. The van der Waals surface area contributed by atoms with Crippen LogP contribution in [0.4, 0.5) is 4.39 Å². The predicted molar refractivity (Wildman–Crippen MR) is 83.6 cm³/mol. The lowest BCUT2D eigenvalue weighted by atomic mass is 10.1. The fourth-order valence-electron chi connectivity index (χ4n) is 2.49. The van der Waals surface area contributed by atoms with Crippen LogP contribution in [0.15, 0.2) is 18.2 Å². The molecule has 22 heavy (non-hydrogen) atoms. The van der Waals surface area contributed by atoms with Crippen molar-refractivity contribution in [1.82, 2.24) is 5.32 Å². The van der Waals surface area contributed by atoms with Crippen molar-refractivity contribution in [1.29, 1.82) is 0 Å². The number of hydrogen-bond acceptors (Lipinski definition) is 4. The highest BCUT2D eigenvalue weighted by atomic mass is 35.5. The second-order valence-corrected chi connectivity index (χ2v) is 5.97. The molecule has 1 saturated heterocycles. The van der Waals surface area contributed by atoms with Crippen molar-refractivity contribution in [2.24, 2.45) is 0 Å². The van der Waals surface area contributed by atoms with Crippen LogP contribution in [-0.4, -0.2) is 43.7 Å². The first kappa shape index (κ1) is 17.6. The molecular formula is C16H23ClFNO3. The van der Waals surface area contributed by atoms with Crippen molar-refractivity contribution >= 4 is 11.6 Å². The second-order valence-electron chi connectivity index (χ2n) is 5.56. The highest BCUT2D eigenvalue weighted by Gasteiger charge is 2.18. The van der Waals surface area contributed by atoms with E-state index in [0.717, 1.165) is 12.8 Å². The van der Waals surface area contributed by atoms with Gasteiger partial charge in [0.25, 0.3) is 0 Å². The van der Waals surface area contributed by atoms with Gasteiger partial charge in [-0.15, -0.1) is 0 Å². The molecule has 1 aliphatic rings. The minimum absolute atomic E-state index is 0.154. The lowest BCUT2D eigenvalue weighted by Crippen LogP contribution is -2.34. The topological polar surface area (TPSA) is 50.7 Å². The summed E-state index contributed by atoms with van der Waals surface area (Å²) in [6.07, 6.45) is 1.24. The predicted octanol–water partition coefficient (Wildman–Crippen LogP) is 2.69. The third-order valence-corrected chi connectivity index (χ3v) is 4.11. The average molecular weight is 332 g/mol. The van der Waals surface area contributed by atoms with Gasteiger partial charge in [0.1, 0.15) is 5.82 Å². The van der Waals surface area contributed by atoms with Crippen LogP contribution < -0.4 is 5.32 Å². The first-order valence-electron chi connectivity index (χ1n) is 7.62. The zero-order valence-corrected chi connectivity index (χ0v) is 13.5. The van der Waals surface area contributed by atoms with Gasteiger partial charge in [0.05, 0.1) is 18.8 Å². The van der Waals surface area contributed by atoms with Crippen LogP contribution in [0.3, 0.4) is 0 Å². The molecular weight excluding hydrogens is 309 g/mol. The molecule has 1 fully saturated rings. The molecule has 1 aromatic carbocycles. The van der Waals surface area contributed by atoms with Crippen molar-refractivity contribution in [2.45, 2.75) is 38.0 Å². The molecule has 0 bridgehead atoms. The first-order valence-corrected chi connectivity index (χ1v) is 8.00. The highest BCUT2D eigenvalue weighted by molar-refractivity contribution is 6.31. The number of hydrogen-bond donors (Lipinski definition) is 2. The molecule has 0 amide bonds. The van der Waals surface area contributed by atoms with Crippen molar-refractivity contribution in [3.05, 3.63) is 34.6 Å². The summed E-state index contributed by atoms with van der Waals surface area (Å²) in [7, 11) is 0. The standard InChI is InChI=1S/C16H23ClFNO3/c1-11(16-14(17)3-2-4-15(16)18)19-9-12(20)10-22-13-5-7-21-8-6-13/h2-4,11-13,19-20H,5-10H2,1H3. The van der Waals surface area contributed by atoms with E-state index in [0.29, 0.717) is 30.3 Å². The van der Waals surface area contributed by atoms with Crippen molar-refractivity contribution < 1.29 is 19.0 Å². The lowest BCUT2D eigenvalue weighted by Gasteiger charge is -2.24. The molecule has 0 spiro atoms. The normalized spacial score (nSPS) is 19.1. The molecule has 2 unspecified atom stereocenters. The summed E-state index contributed by atoms with van der Waals surface area (Å²) in [6, 6.07) is 4.32. The van der Waals surface area contributed by atoms with Crippen LogP contribution >= 0.6 is 11.6 Å². The van der Waals surface area contributed by atoms with Gasteiger partial charge < -0.3 is 19.9 Å². The number of nitrogens with one attached hydrogen (secondary N) is 1. The molecule has 0 aliphatic carbocycles. The maximum atomic E-state index is 13.8. The summed E-state index contributed by atoms with van der Waals surface area (Å²) >= 11 is 6.02. The second kappa shape index (κ2) is 8.79. The zero-order chi connectivity index (χ0) is 15.9. The van der Waals surface area contributed by atoms with Gasteiger partial charge in [0.15, 0.2) is 0 Å². The lowest BCUT2D eigenvalue weighted by molar-refractivity contribution is -0.0588. The Morgan fingerprint density at radius 1 is 1.45 bits per heavy atom. The third kappa shape index (κ3) is 5.18. The van der Waals surface area contributed by atoms with Crippen molar-refractivity contribution in [3.8, 4) is 0 Å². The first-order chi connectivity index (χ1) is 10.6. The summed E-state index contributed by atoms with van der Waals surface area (Å²) in [5.74, 6) is -0.347. The van der Waals surface area contributed by atoms with Crippen LogP contribution in [-0.2, 0) is 9.47 Å². The molecule has 2 atom stereocenters. The van der Waals surface area contributed by atoms with Crippen molar-refractivity contribution in [2.75, 3.05) is 26.4 Å². The van der Waals surface area contributed by atoms with E-state index in [4.69, 9.17) is 21.1 Å². The number of benzene rings is 1. The van der Waals surface area contributed by atoms with E-state index in [9.17, 15) is 9.50 Å². The molecule has 0 aromatic heterocycles. The van der Waals surface area contributed by atoms with Gasteiger partial charge in [-0.05, 0) is 31.9 Å². The Kier molecular flexibility index (Phi) is 7.05. The summed E-state index contributed by atoms with van der Waals surface area (Å²) < 4.78 is 24.7. The average Bonchev–Trinajstić information content (AvgIpc) is 2.52. The van der Waals surface area contributed by atoms with Gasteiger partial charge in [-0.3, -0.25) is 0 Å². The fraction of sp³-hybridized carbons (Fsp3) is 0.625. The van der Waals surface area contributed by atoms with Crippen LogP contribution in [0.1, 0.15) is 31.4 Å². The van der Waals surface area contributed by atoms with E-state index in [1.54, 1.807) is 12.1 Å². The smallest absolute Gasteiger partial charge is 0.129 e.